The molecule has 0 radical (unpaired) electrons. The number of hydrogen-bond donors (Lipinski definition) is 1. The van der Waals surface area contributed by atoms with Crippen molar-refractivity contribution in [2.24, 2.45) is 0 Å². The standard InChI is InChI=1S/C10H9F3N2S/c1-6-2-3-8-7(4-6)15-9(16-8)14-5-10(11,12)13/h2-4H,5H2,1H3,(H,14,15). The second-order valence-electron chi connectivity index (χ2n) is 3.46. The average molecular weight is 246 g/mol. The lowest BCUT2D eigenvalue weighted by Crippen LogP contribution is -2.21. The third-order valence-electron chi connectivity index (χ3n) is 1.98. The number of halogens is 3. The summed E-state index contributed by atoms with van der Waals surface area (Å²) in [6, 6.07) is 5.62. The fraction of sp³-hybridized carbons (Fsp3) is 0.300. The summed E-state index contributed by atoms with van der Waals surface area (Å²) in [6.07, 6.45) is -4.21. The molecule has 1 aromatic heterocycles. The summed E-state index contributed by atoms with van der Waals surface area (Å²) in [7, 11) is 0. The molecule has 2 nitrogen and oxygen atoms in total. The van der Waals surface area contributed by atoms with Crippen LogP contribution in [0.1, 0.15) is 5.56 Å². The van der Waals surface area contributed by atoms with Gasteiger partial charge in [-0.15, -0.1) is 0 Å². The van der Waals surface area contributed by atoms with E-state index in [9.17, 15) is 13.2 Å². The zero-order chi connectivity index (χ0) is 11.8. The highest BCUT2D eigenvalue weighted by molar-refractivity contribution is 7.22. The van der Waals surface area contributed by atoms with Crippen molar-refractivity contribution in [3.05, 3.63) is 23.8 Å². The van der Waals surface area contributed by atoms with Crippen LogP contribution in [-0.4, -0.2) is 17.7 Å². The SMILES string of the molecule is Cc1ccc2sc(NCC(F)(F)F)nc2c1. The lowest BCUT2D eigenvalue weighted by Gasteiger charge is -2.05. The Morgan fingerprint density at radius 3 is 2.81 bits per heavy atom. The van der Waals surface area contributed by atoms with E-state index in [1.54, 1.807) is 0 Å². The molecule has 0 amide bonds. The van der Waals surface area contributed by atoms with Crippen LogP contribution >= 0.6 is 11.3 Å². The van der Waals surface area contributed by atoms with Gasteiger partial charge in [-0.05, 0) is 24.6 Å². The summed E-state index contributed by atoms with van der Waals surface area (Å²) < 4.78 is 36.8. The molecular weight excluding hydrogens is 237 g/mol. The highest BCUT2D eigenvalue weighted by atomic mass is 32.1. The summed E-state index contributed by atoms with van der Waals surface area (Å²) in [6.45, 7) is 0.868. The molecule has 0 unspecified atom stereocenters. The van der Waals surface area contributed by atoms with Gasteiger partial charge in [-0.2, -0.15) is 13.2 Å². The van der Waals surface area contributed by atoms with Crippen molar-refractivity contribution in [3.63, 3.8) is 0 Å². The minimum Gasteiger partial charge on any atom is -0.352 e. The van der Waals surface area contributed by atoms with E-state index >= 15 is 0 Å². The van der Waals surface area contributed by atoms with Crippen LogP contribution in [0.4, 0.5) is 18.3 Å². The number of aryl methyl sites for hydroxylation is 1. The molecule has 0 aliphatic rings. The minimum absolute atomic E-state index is 0.304. The molecule has 16 heavy (non-hydrogen) atoms. The summed E-state index contributed by atoms with van der Waals surface area (Å²) >= 11 is 1.22. The van der Waals surface area contributed by atoms with E-state index in [1.165, 1.54) is 11.3 Å². The third kappa shape index (κ3) is 2.63. The van der Waals surface area contributed by atoms with Crippen LogP contribution in [0.5, 0.6) is 0 Å². The van der Waals surface area contributed by atoms with Crippen LogP contribution in [0, 0.1) is 6.92 Å². The molecule has 2 rings (SSSR count). The minimum atomic E-state index is -4.21. The van der Waals surface area contributed by atoms with Crippen molar-refractivity contribution in [3.8, 4) is 0 Å². The fourth-order valence-electron chi connectivity index (χ4n) is 1.29. The Kier molecular flexibility index (Phi) is 2.75. The molecule has 86 valence electrons. The summed E-state index contributed by atoms with van der Waals surface area (Å²) in [5.41, 5.74) is 1.77. The summed E-state index contributed by atoms with van der Waals surface area (Å²) in [5.74, 6) is 0. The van der Waals surface area contributed by atoms with E-state index in [4.69, 9.17) is 0 Å². The van der Waals surface area contributed by atoms with E-state index in [2.05, 4.69) is 10.3 Å². The topological polar surface area (TPSA) is 24.9 Å². The normalized spacial score (nSPS) is 12.0. The lowest BCUT2D eigenvalue weighted by atomic mass is 10.2. The Hall–Kier alpha value is -1.30. The van der Waals surface area contributed by atoms with Crippen LogP contribution in [0.2, 0.25) is 0 Å². The largest absolute Gasteiger partial charge is 0.405 e. The van der Waals surface area contributed by atoms with Gasteiger partial charge in [0, 0.05) is 0 Å². The van der Waals surface area contributed by atoms with E-state index in [0.29, 0.717) is 5.13 Å². The van der Waals surface area contributed by atoms with Gasteiger partial charge >= 0.3 is 6.18 Å². The van der Waals surface area contributed by atoms with Crippen molar-refractivity contribution in [2.75, 3.05) is 11.9 Å². The van der Waals surface area contributed by atoms with E-state index in [-0.39, 0.29) is 0 Å². The first-order valence-corrected chi connectivity index (χ1v) is 5.43. The number of benzene rings is 1. The van der Waals surface area contributed by atoms with Gasteiger partial charge in [-0.3, -0.25) is 0 Å². The van der Waals surface area contributed by atoms with Crippen LogP contribution in [0.3, 0.4) is 0 Å². The van der Waals surface area contributed by atoms with Gasteiger partial charge in [-0.1, -0.05) is 17.4 Å². The molecule has 0 aliphatic carbocycles. The first-order valence-electron chi connectivity index (χ1n) is 4.62. The molecule has 0 bridgehead atoms. The molecule has 0 saturated carbocycles. The third-order valence-corrected chi connectivity index (χ3v) is 2.98. The van der Waals surface area contributed by atoms with Crippen molar-refractivity contribution in [1.29, 1.82) is 0 Å². The Bertz CT molecular complexity index is 504. The quantitative estimate of drug-likeness (QED) is 0.876. The van der Waals surface area contributed by atoms with E-state index in [0.717, 1.165) is 15.8 Å². The molecule has 1 heterocycles. The molecule has 0 aliphatic heterocycles. The van der Waals surface area contributed by atoms with Gasteiger partial charge in [0.25, 0.3) is 0 Å². The lowest BCUT2D eigenvalue weighted by molar-refractivity contribution is -0.115. The van der Waals surface area contributed by atoms with Crippen LogP contribution in [0.25, 0.3) is 10.2 Å². The molecule has 0 saturated heterocycles. The zero-order valence-electron chi connectivity index (χ0n) is 8.43. The second-order valence-corrected chi connectivity index (χ2v) is 4.49. The molecule has 0 atom stereocenters. The number of anilines is 1. The molecule has 0 spiro atoms. The number of nitrogens with zero attached hydrogens (tertiary/aromatic N) is 1. The summed E-state index contributed by atoms with van der Waals surface area (Å²) in [4.78, 5) is 4.08. The molecule has 6 heteroatoms. The Balaban J connectivity index is 2.20. The number of hydrogen-bond acceptors (Lipinski definition) is 3. The average Bonchev–Trinajstić information content (AvgIpc) is 2.55. The highest BCUT2D eigenvalue weighted by Crippen LogP contribution is 2.27. The van der Waals surface area contributed by atoms with Gasteiger partial charge in [-0.25, -0.2) is 4.98 Å². The monoisotopic (exact) mass is 246 g/mol. The Morgan fingerprint density at radius 1 is 1.38 bits per heavy atom. The molecule has 0 fully saturated rings. The number of alkyl halides is 3. The highest BCUT2D eigenvalue weighted by Gasteiger charge is 2.27. The number of nitrogens with one attached hydrogen (secondary N) is 1. The van der Waals surface area contributed by atoms with Crippen molar-refractivity contribution in [1.82, 2.24) is 4.98 Å². The van der Waals surface area contributed by atoms with Gasteiger partial charge in [0.05, 0.1) is 10.2 Å². The van der Waals surface area contributed by atoms with Crippen molar-refractivity contribution in [2.45, 2.75) is 13.1 Å². The molecule has 1 N–H and O–H groups in total. The van der Waals surface area contributed by atoms with E-state index in [1.807, 2.05) is 25.1 Å². The molecular formula is C10H9F3N2S. The zero-order valence-corrected chi connectivity index (χ0v) is 9.25. The Labute approximate surface area is 94.1 Å². The van der Waals surface area contributed by atoms with Crippen molar-refractivity contribution >= 4 is 26.7 Å². The number of aromatic nitrogens is 1. The number of rotatable bonds is 2. The van der Waals surface area contributed by atoms with Gasteiger partial charge < -0.3 is 5.32 Å². The van der Waals surface area contributed by atoms with Gasteiger partial charge in [0.1, 0.15) is 6.54 Å². The number of thiazole rings is 1. The van der Waals surface area contributed by atoms with Crippen molar-refractivity contribution < 1.29 is 13.2 Å². The maximum atomic E-state index is 12.0. The maximum absolute atomic E-state index is 12.0. The van der Waals surface area contributed by atoms with Gasteiger partial charge in [0.2, 0.25) is 0 Å². The second kappa shape index (κ2) is 3.93. The van der Waals surface area contributed by atoms with Crippen LogP contribution in [0.15, 0.2) is 18.2 Å². The first-order chi connectivity index (χ1) is 7.44. The van der Waals surface area contributed by atoms with Crippen LogP contribution in [-0.2, 0) is 0 Å². The summed E-state index contributed by atoms with van der Waals surface area (Å²) in [5, 5.41) is 2.58. The predicted molar refractivity (Wildman–Crippen MR) is 58.9 cm³/mol. The first kappa shape index (κ1) is 11.2. The van der Waals surface area contributed by atoms with Crippen LogP contribution < -0.4 is 5.32 Å². The fourth-order valence-corrected chi connectivity index (χ4v) is 2.13. The Morgan fingerprint density at radius 2 is 2.12 bits per heavy atom. The van der Waals surface area contributed by atoms with Gasteiger partial charge in [0.15, 0.2) is 5.13 Å². The molecule has 1 aromatic carbocycles. The maximum Gasteiger partial charge on any atom is 0.405 e. The van der Waals surface area contributed by atoms with E-state index < -0.39 is 12.7 Å². The predicted octanol–water partition coefficient (Wildman–Crippen LogP) is 3.58. The smallest absolute Gasteiger partial charge is 0.352 e. The molecule has 2 aromatic rings. The number of fused-ring (bicyclic) bond motifs is 1.